The Morgan fingerprint density at radius 3 is 3.06 bits per heavy atom. The summed E-state index contributed by atoms with van der Waals surface area (Å²) in [5.41, 5.74) is 6.70. The number of fused-ring (bicyclic) bond motifs is 1. The molecule has 3 rings (SSSR count). The van der Waals surface area contributed by atoms with Gasteiger partial charge in [0.15, 0.2) is 0 Å². The smallest absolute Gasteiger partial charge is 0.149 e. The maximum atomic E-state index is 5.81. The molecule has 0 saturated carbocycles. The van der Waals surface area contributed by atoms with Crippen LogP contribution in [0.25, 0.3) is 5.52 Å². The van der Waals surface area contributed by atoms with Crippen LogP contribution in [0, 0.1) is 0 Å². The molecule has 2 unspecified atom stereocenters. The van der Waals surface area contributed by atoms with Crippen molar-refractivity contribution in [3.63, 3.8) is 0 Å². The summed E-state index contributed by atoms with van der Waals surface area (Å²) in [5, 5.41) is 0. The molecule has 2 atom stereocenters. The monoisotopic (exact) mass is 235 g/mol. The van der Waals surface area contributed by atoms with Gasteiger partial charge in [-0.05, 0) is 12.8 Å². The minimum atomic E-state index is 0.370. The van der Waals surface area contributed by atoms with Crippen LogP contribution in [0.3, 0.4) is 0 Å². The summed E-state index contributed by atoms with van der Waals surface area (Å²) in [6.45, 7) is 1.10. The molecule has 84 valence electrons. The van der Waals surface area contributed by atoms with Gasteiger partial charge >= 0.3 is 0 Å². The second-order valence-electron chi connectivity index (χ2n) is 4.08. The predicted octanol–water partition coefficient (Wildman–Crippen LogP) is 1.24. The Bertz CT molecular complexity index is 523. The van der Waals surface area contributed by atoms with E-state index in [9.17, 15) is 0 Å². The highest BCUT2D eigenvalue weighted by atomic mass is 31.0. The van der Waals surface area contributed by atoms with Gasteiger partial charge in [-0.3, -0.25) is 9.07 Å². The van der Waals surface area contributed by atoms with E-state index >= 15 is 0 Å². The predicted molar refractivity (Wildman–Crippen MR) is 65.8 cm³/mol. The summed E-state index contributed by atoms with van der Waals surface area (Å²) in [6, 6.07) is 0.370. The molecule has 0 spiro atoms. The number of rotatable bonds is 1. The molecule has 1 saturated heterocycles. The molecule has 0 amide bonds. The van der Waals surface area contributed by atoms with Crippen molar-refractivity contribution in [3.8, 4) is 0 Å². The van der Waals surface area contributed by atoms with Crippen molar-refractivity contribution in [3.05, 3.63) is 24.4 Å². The summed E-state index contributed by atoms with van der Waals surface area (Å²) in [6.07, 6.45) is 7.80. The first-order valence-corrected chi connectivity index (χ1v) is 5.88. The summed E-state index contributed by atoms with van der Waals surface area (Å²) in [7, 11) is 2.77. The molecule has 0 radical (unpaired) electrons. The van der Waals surface area contributed by atoms with Gasteiger partial charge in [0.05, 0.1) is 12.2 Å². The number of nitrogens with two attached hydrogens (primary N) is 1. The number of hydrogen-bond acceptors (Lipinski definition) is 4. The fraction of sp³-hybridized carbons (Fsp3) is 0.400. The minimum absolute atomic E-state index is 0.370. The second-order valence-corrected chi connectivity index (χ2v) is 4.74. The summed E-state index contributed by atoms with van der Waals surface area (Å²) < 4.78 is 4.29. The molecule has 0 bridgehead atoms. The fourth-order valence-electron chi connectivity index (χ4n) is 2.28. The van der Waals surface area contributed by atoms with E-state index in [4.69, 9.17) is 5.73 Å². The summed E-state index contributed by atoms with van der Waals surface area (Å²) in [4.78, 5) is 8.54. The van der Waals surface area contributed by atoms with Crippen molar-refractivity contribution < 1.29 is 0 Å². The third-order valence-electron chi connectivity index (χ3n) is 3.11. The molecular weight excluding hydrogens is 221 g/mol. The van der Waals surface area contributed by atoms with Crippen LogP contribution < -0.4 is 5.73 Å². The van der Waals surface area contributed by atoms with Crippen molar-refractivity contribution in [2.24, 2.45) is 0 Å². The Morgan fingerprint density at radius 1 is 1.44 bits per heavy atom. The Morgan fingerprint density at radius 2 is 2.31 bits per heavy atom. The molecule has 2 N–H and O–H groups in total. The van der Waals surface area contributed by atoms with E-state index in [1.807, 2.05) is 10.6 Å². The van der Waals surface area contributed by atoms with Crippen LogP contribution in [-0.2, 0) is 0 Å². The lowest BCUT2D eigenvalue weighted by atomic mass is 10.2. The second kappa shape index (κ2) is 3.68. The van der Waals surface area contributed by atoms with Gasteiger partial charge in [0, 0.05) is 18.9 Å². The van der Waals surface area contributed by atoms with Crippen molar-refractivity contribution in [1.29, 1.82) is 0 Å². The molecule has 2 aromatic rings. The normalized spacial score (nSPS) is 21.9. The quantitative estimate of drug-likeness (QED) is 0.755. The van der Waals surface area contributed by atoms with Crippen molar-refractivity contribution >= 4 is 20.7 Å². The Balaban J connectivity index is 2.14. The van der Waals surface area contributed by atoms with Gasteiger partial charge in [0.1, 0.15) is 17.2 Å². The molecule has 2 aromatic heterocycles. The number of imidazole rings is 1. The highest BCUT2D eigenvalue weighted by Gasteiger charge is 2.26. The molecule has 1 fully saturated rings. The van der Waals surface area contributed by atoms with Crippen LogP contribution in [-0.4, -0.2) is 25.6 Å². The molecule has 1 aliphatic heterocycles. The average molecular weight is 235 g/mol. The number of nitrogens with zero attached hydrogens (tertiary/aromatic N) is 4. The maximum Gasteiger partial charge on any atom is 0.149 e. The minimum Gasteiger partial charge on any atom is -0.382 e. The molecular formula is C10H14N5P. The van der Waals surface area contributed by atoms with Crippen molar-refractivity contribution in [2.75, 3.05) is 12.3 Å². The lowest BCUT2D eigenvalue weighted by Crippen LogP contribution is -2.14. The largest absolute Gasteiger partial charge is 0.382 e. The standard InChI is InChI=1S/C10H14N5P/c11-9-8-6-13-10(14(8)5-3-12-9)7-2-1-4-15(7)16/h3,5-7H,1-2,4,16H2,(H2,11,12). The van der Waals surface area contributed by atoms with Crippen LogP contribution >= 0.6 is 9.39 Å². The first kappa shape index (κ1) is 10.00. The SMILES string of the molecule is Nc1nccn2c(C3CCCN3P)ncc12. The Kier molecular flexibility index (Phi) is 2.30. The van der Waals surface area contributed by atoms with E-state index in [0.29, 0.717) is 11.9 Å². The summed E-state index contributed by atoms with van der Waals surface area (Å²) >= 11 is 0. The van der Waals surface area contributed by atoms with Gasteiger partial charge in [0.25, 0.3) is 0 Å². The van der Waals surface area contributed by atoms with Crippen LogP contribution in [0.5, 0.6) is 0 Å². The topological polar surface area (TPSA) is 59.4 Å². The van der Waals surface area contributed by atoms with Crippen molar-refractivity contribution in [2.45, 2.75) is 18.9 Å². The zero-order valence-electron chi connectivity index (χ0n) is 8.87. The number of anilines is 1. The average Bonchev–Trinajstić information content (AvgIpc) is 2.84. The summed E-state index contributed by atoms with van der Waals surface area (Å²) in [5.74, 6) is 1.59. The molecule has 6 heteroatoms. The van der Waals surface area contributed by atoms with E-state index in [0.717, 1.165) is 24.3 Å². The molecule has 16 heavy (non-hydrogen) atoms. The van der Waals surface area contributed by atoms with Gasteiger partial charge in [-0.2, -0.15) is 0 Å². The molecule has 1 aliphatic rings. The Hall–Kier alpha value is -1.19. The number of aromatic nitrogens is 3. The lowest BCUT2D eigenvalue weighted by molar-refractivity contribution is 0.429. The highest BCUT2D eigenvalue weighted by Crippen LogP contribution is 2.34. The van der Waals surface area contributed by atoms with E-state index in [1.54, 1.807) is 12.4 Å². The number of hydrogen-bond donors (Lipinski definition) is 1. The van der Waals surface area contributed by atoms with Gasteiger partial charge in [-0.1, -0.05) is 9.39 Å². The Labute approximate surface area is 95.9 Å². The lowest BCUT2D eigenvalue weighted by Gasteiger charge is -2.17. The zero-order chi connectivity index (χ0) is 11.1. The zero-order valence-corrected chi connectivity index (χ0v) is 10.0. The molecule has 5 nitrogen and oxygen atoms in total. The first-order chi connectivity index (χ1) is 7.77. The van der Waals surface area contributed by atoms with E-state index in [-0.39, 0.29) is 0 Å². The van der Waals surface area contributed by atoms with E-state index < -0.39 is 0 Å². The van der Waals surface area contributed by atoms with E-state index in [2.05, 4.69) is 24.0 Å². The van der Waals surface area contributed by atoms with Crippen LogP contribution in [0.2, 0.25) is 0 Å². The molecule has 3 heterocycles. The van der Waals surface area contributed by atoms with Crippen LogP contribution in [0.15, 0.2) is 18.6 Å². The first-order valence-electron chi connectivity index (χ1n) is 5.36. The van der Waals surface area contributed by atoms with Crippen molar-refractivity contribution in [1.82, 2.24) is 19.0 Å². The third-order valence-corrected chi connectivity index (χ3v) is 3.73. The van der Waals surface area contributed by atoms with Gasteiger partial charge < -0.3 is 5.73 Å². The van der Waals surface area contributed by atoms with Gasteiger partial charge in [0.2, 0.25) is 0 Å². The van der Waals surface area contributed by atoms with Crippen LogP contribution in [0.4, 0.5) is 5.82 Å². The molecule has 0 aliphatic carbocycles. The third kappa shape index (κ3) is 1.39. The highest BCUT2D eigenvalue weighted by molar-refractivity contribution is 7.13. The van der Waals surface area contributed by atoms with E-state index in [1.165, 1.54) is 6.42 Å². The fourth-order valence-corrected chi connectivity index (χ4v) is 2.75. The maximum absolute atomic E-state index is 5.81. The molecule has 0 aromatic carbocycles. The van der Waals surface area contributed by atoms with Gasteiger partial charge in [-0.25, -0.2) is 9.97 Å². The van der Waals surface area contributed by atoms with Gasteiger partial charge in [-0.15, -0.1) is 0 Å². The van der Waals surface area contributed by atoms with Crippen LogP contribution in [0.1, 0.15) is 24.7 Å². The number of nitrogen functional groups attached to an aromatic ring is 1.